The van der Waals surface area contributed by atoms with Crippen molar-refractivity contribution in [2.45, 2.75) is 123 Å². The predicted molar refractivity (Wildman–Crippen MR) is 359 cm³/mol. The van der Waals surface area contributed by atoms with Gasteiger partial charge in [0, 0.05) is 81.7 Å². The van der Waals surface area contributed by atoms with Crippen LogP contribution in [0.4, 0.5) is 27.2 Å². The lowest BCUT2D eigenvalue weighted by Gasteiger charge is -2.52. The zero-order valence-electron chi connectivity index (χ0n) is 53.3. The Kier molecular flexibility index (Phi) is 23.3. The molecule has 4 N–H and O–H groups in total. The number of carbonyl (C=O) groups is 2. The normalized spacial score (nSPS) is 26.6. The molecule has 9 aliphatic rings. The highest BCUT2D eigenvalue weighted by molar-refractivity contribution is 9.10. The number of anilines is 3. The number of β-amino-alcohol motifs (C(OH)–C–C–N with tert-alkyl or cyclic N) is 2. The quantitative estimate of drug-likeness (QED) is 0.0909. The Bertz CT molecular complexity index is 3040. The number of benzene rings is 2. The number of amides is 4. The average Bonchev–Trinajstić information content (AvgIpc) is 1.65. The number of hydrogen-bond donors (Lipinski definition) is 4. The predicted octanol–water partition coefficient (Wildman–Crippen LogP) is 8.51. The van der Waals surface area contributed by atoms with Gasteiger partial charge in [0.1, 0.15) is 0 Å². The van der Waals surface area contributed by atoms with Crippen molar-refractivity contribution in [2.24, 2.45) is 0 Å². The van der Waals surface area contributed by atoms with Crippen LogP contribution in [-0.2, 0) is 25.3 Å². The summed E-state index contributed by atoms with van der Waals surface area (Å²) in [7, 11) is 8.66. The summed E-state index contributed by atoms with van der Waals surface area (Å²) < 4.78 is 17.4. The summed E-state index contributed by atoms with van der Waals surface area (Å²) in [6.07, 6.45) is 23.1. The first-order valence-corrected chi connectivity index (χ1v) is 34.3. The van der Waals surface area contributed by atoms with Gasteiger partial charge in [-0.1, -0.05) is 60.7 Å². The van der Waals surface area contributed by atoms with Crippen molar-refractivity contribution < 1.29 is 34.0 Å². The van der Waals surface area contributed by atoms with Crippen LogP contribution in [0, 0.1) is 0 Å². The number of carbonyl (C=O) groups excluding carboxylic acids is 2. The number of morpholine rings is 3. The van der Waals surface area contributed by atoms with Crippen molar-refractivity contribution in [1.29, 1.82) is 0 Å². The zero-order valence-corrected chi connectivity index (χ0v) is 57.3. The van der Waals surface area contributed by atoms with E-state index in [9.17, 15) is 19.8 Å². The Morgan fingerprint density at radius 2 is 0.945 bits per heavy atom. The van der Waals surface area contributed by atoms with Gasteiger partial charge in [-0.3, -0.25) is 14.7 Å². The molecule has 0 unspecified atom stereocenters. The minimum absolute atomic E-state index is 0.00221. The largest absolute Gasteiger partial charge is 0.388 e. The molecule has 4 amide bonds. The van der Waals surface area contributed by atoms with Crippen molar-refractivity contribution >= 4 is 73.1 Å². The van der Waals surface area contributed by atoms with Gasteiger partial charge in [-0.25, -0.2) is 39.5 Å². The van der Waals surface area contributed by atoms with E-state index in [2.05, 4.69) is 181 Å². The van der Waals surface area contributed by atoms with Crippen LogP contribution in [0.3, 0.4) is 0 Å². The third-order valence-electron chi connectivity index (χ3n) is 20.3. The second-order valence-corrected chi connectivity index (χ2v) is 28.2. The Morgan fingerprint density at radius 1 is 0.538 bits per heavy atom. The number of nitrogens with one attached hydrogen (secondary N) is 2. The Labute approximate surface area is 558 Å². The molecule has 25 heteroatoms. The molecule has 494 valence electrons. The summed E-state index contributed by atoms with van der Waals surface area (Å²) in [6, 6.07) is 21.5. The van der Waals surface area contributed by atoms with Crippen molar-refractivity contribution in [1.82, 2.24) is 60.1 Å². The first-order valence-electron chi connectivity index (χ1n) is 32.3. The van der Waals surface area contributed by atoms with Crippen molar-refractivity contribution in [3.63, 3.8) is 0 Å². The molecule has 4 aliphatic carbocycles. The second-order valence-electron chi connectivity index (χ2n) is 26.1. The number of nitrogens with zero attached hydrogens (tertiary/aromatic N) is 13. The molecule has 8 heterocycles. The van der Waals surface area contributed by atoms with Crippen LogP contribution >= 0.6 is 43.5 Å². The first-order chi connectivity index (χ1) is 43.9. The second kappa shape index (κ2) is 30.9. The molecule has 0 bridgehead atoms. The molecule has 3 aromatic heterocycles. The molecule has 2 spiro atoms. The number of hydrogen-bond acceptors (Lipinski definition) is 18. The maximum atomic E-state index is 14.0. The fourth-order valence-corrected chi connectivity index (χ4v) is 14.7. The van der Waals surface area contributed by atoms with E-state index in [4.69, 9.17) is 25.8 Å². The lowest BCUT2D eigenvalue weighted by molar-refractivity contribution is -0.0726. The molecule has 9 fully saturated rings. The van der Waals surface area contributed by atoms with E-state index < -0.39 is 11.2 Å². The summed E-state index contributed by atoms with van der Waals surface area (Å²) in [5, 5.41) is 28.3. The Balaban J connectivity index is 0.000000146. The van der Waals surface area contributed by atoms with Gasteiger partial charge in [-0.2, -0.15) is 0 Å². The fraction of sp³-hybridized carbons (Fsp3) is 0.606. The Hall–Kier alpha value is -5.25. The number of aliphatic hydroxyl groups is 2. The number of urea groups is 2. The maximum absolute atomic E-state index is 14.0. The average molecular weight is 1400 g/mol. The number of ether oxygens (including phenoxy) is 3. The van der Waals surface area contributed by atoms with Crippen LogP contribution in [0.25, 0.3) is 0 Å². The summed E-state index contributed by atoms with van der Waals surface area (Å²) in [6.45, 7) is 12.2. The van der Waals surface area contributed by atoms with Crippen LogP contribution in [0.2, 0.25) is 5.28 Å². The van der Waals surface area contributed by atoms with E-state index >= 15 is 0 Å². The minimum atomic E-state index is -0.773. The summed E-state index contributed by atoms with van der Waals surface area (Å²) in [5.41, 5.74) is 1.48. The molecule has 0 atom stereocenters. The van der Waals surface area contributed by atoms with Gasteiger partial charge in [0.2, 0.25) is 17.2 Å². The highest BCUT2D eigenvalue weighted by Gasteiger charge is 2.58. The third-order valence-corrected chi connectivity index (χ3v) is 21.3. The van der Waals surface area contributed by atoms with Crippen LogP contribution in [0.1, 0.15) is 101 Å². The molecule has 2 aromatic carbocycles. The van der Waals surface area contributed by atoms with E-state index in [0.717, 1.165) is 176 Å². The van der Waals surface area contributed by atoms with E-state index in [1.54, 1.807) is 37.2 Å². The molecule has 5 aliphatic heterocycles. The van der Waals surface area contributed by atoms with Gasteiger partial charge in [-0.15, -0.1) is 0 Å². The van der Waals surface area contributed by atoms with Crippen LogP contribution in [0.15, 0.2) is 107 Å². The van der Waals surface area contributed by atoms with Crippen molar-refractivity contribution in [2.75, 3.05) is 148 Å². The highest BCUT2D eigenvalue weighted by atomic mass is 79.9. The fourth-order valence-electron chi connectivity index (χ4n) is 14.2. The molecule has 5 saturated heterocycles. The molecule has 5 aromatic rings. The first kappa shape index (κ1) is 68.6. The monoisotopic (exact) mass is 1400 g/mol. The van der Waals surface area contributed by atoms with Gasteiger partial charge in [0.15, 0.2) is 0 Å². The number of halogens is 3. The van der Waals surface area contributed by atoms with Crippen molar-refractivity contribution in [3.8, 4) is 0 Å². The lowest BCUT2D eigenvalue weighted by Crippen LogP contribution is -2.59. The molecule has 91 heavy (non-hydrogen) atoms. The van der Waals surface area contributed by atoms with Gasteiger partial charge in [0.25, 0.3) is 0 Å². The third kappa shape index (κ3) is 16.5. The van der Waals surface area contributed by atoms with Gasteiger partial charge in [0.05, 0.1) is 109 Å². The SMILES string of the molecule is Brc1cnc(N2CCOCC2)nc1.C1COCCN1.CN(C)C1(c2ccccc2)CCC2(CC1)CN(c1cnc(N3CCOCC3)nc1)C(=O)N2CC1(O)CCC1.CN(C)C1(c2ccccc2)CCC2(CC1)CNC(=O)N2CC1(O)CCC1.Clc1ncc(Br)cn1. The molecular weight excluding hydrogens is 1310 g/mol. The minimum Gasteiger partial charge on any atom is -0.388 e. The van der Waals surface area contributed by atoms with E-state index in [1.165, 1.54) is 11.1 Å². The molecule has 14 rings (SSSR count). The summed E-state index contributed by atoms with van der Waals surface area (Å²) >= 11 is 11.8. The van der Waals surface area contributed by atoms with Crippen LogP contribution < -0.4 is 25.3 Å². The molecule has 4 saturated carbocycles. The van der Waals surface area contributed by atoms with Gasteiger partial charge in [-0.05, 0) is 173 Å². The maximum Gasteiger partial charge on any atom is 0.325 e. The van der Waals surface area contributed by atoms with Gasteiger partial charge >= 0.3 is 12.1 Å². The molecular formula is C66H92Br2ClN15O7. The standard InChI is InChI=1S/C29H40N6O3.C21H31N3O2.C8H10BrN3O.C4H2BrClN2.C4H9NO/c1-32(2)29(23-7-4-3-5-8-23)13-11-27(12-14-29)21-34(26(36)35(27)22-28(37)9-6-10-28)24-19-30-25(31-20-24)33-15-17-38-18-16-33;1-23(2)21(17-7-4-3-5-8-17)13-11-19(12-14-21)15-22-18(25)24(19)16-20(26)9-6-10-20;9-7-5-10-8(11-6-7)12-1-3-13-4-2-12;5-3-1-7-4(6)8-2-3;1-3-6-4-2-5-1/h3-5,7-8,19-20,37H,6,9-18,21-22H2,1-2H3;3-5,7-8,26H,6,9-16H2,1-2H3,(H,22,25);5-6H,1-4H2;1-2H;5H,1-4H2. The number of aromatic nitrogens is 6. The smallest absolute Gasteiger partial charge is 0.325 e. The zero-order chi connectivity index (χ0) is 64.1. The van der Waals surface area contributed by atoms with Crippen molar-refractivity contribution in [3.05, 3.63) is 123 Å². The van der Waals surface area contributed by atoms with Gasteiger partial charge < -0.3 is 54.7 Å². The van der Waals surface area contributed by atoms with Crippen LogP contribution in [0.5, 0.6) is 0 Å². The van der Waals surface area contributed by atoms with Crippen LogP contribution in [-0.4, -0.2) is 227 Å². The number of rotatable bonds is 11. The van der Waals surface area contributed by atoms with E-state index in [1.807, 2.05) is 14.7 Å². The van der Waals surface area contributed by atoms with E-state index in [-0.39, 0.29) is 39.5 Å². The topological polar surface area (TPSA) is 226 Å². The lowest BCUT2D eigenvalue weighted by atomic mass is 9.67. The summed E-state index contributed by atoms with van der Waals surface area (Å²) in [4.78, 5) is 66.3. The molecule has 22 nitrogen and oxygen atoms in total. The summed E-state index contributed by atoms with van der Waals surface area (Å²) in [5.74, 6) is 1.46. The molecule has 0 radical (unpaired) electrons. The van der Waals surface area contributed by atoms with E-state index in [0.29, 0.717) is 45.3 Å². The Morgan fingerprint density at radius 3 is 1.33 bits per heavy atom. The highest BCUT2D eigenvalue weighted by Crippen LogP contribution is 2.52.